The van der Waals surface area contributed by atoms with E-state index in [4.69, 9.17) is 5.26 Å². The van der Waals surface area contributed by atoms with Crippen molar-refractivity contribution < 1.29 is 13.2 Å². The molecule has 0 heterocycles. The molecule has 0 spiro atoms. The lowest BCUT2D eigenvalue weighted by Crippen LogP contribution is -2.22. The second kappa shape index (κ2) is 5.27. The van der Waals surface area contributed by atoms with E-state index in [0.717, 1.165) is 0 Å². The van der Waals surface area contributed by atoms with Crippen LogP contribution >= 0.6 is 11.8 Å². The number of rotatable bonds is 4. The Morgan fingerprint density at radius 1 is 1.50 bits per heavy atom. The fourth-order valence-electron chi connectivity index (χ4n) is 0.517. The Labute approximate surface area is 73.3 Å². The van der Waals surface area contributed by atoms with Gasteiger partial charge in [-0.05, 0) is 18.8 Å². The van der Waals surface area contributed by atoms with Crippen LogP contribution in [0.25, 0.3) is 0 Å². The van der Waals surface area contributed by atoms with Gasteiger partial charge in [-0.3, -0.25) is 4.90 Å². The van der Waals surface area contributed by atoms with E-state index in [1.54, 1.807) is 11.9 Å². The molecule has 0 aliphatic carbocycles. The summed E-state index contributed by atoms with van der Waals surface area (Å²) in [6, 6.07) is 1.85. The first-order valence-corrected chi connectivity index (χ1v) is 4.20. The summed E-state index contributed by atoms with van der Waals surface area (Å²) in [5, 5.41) is 8.18. The van der Waals surface area contributed by atoms with Crippen molar-refractivity contribution in [2.75, 3.05) is 25.9 Å². The summed E-state index contributed by atoms with van der Waals surface area (Å²) in [4.78, 5) is 1.54. The molecule has 0 aromatic carbocycles. The van der Waals surface area contributed by atoms with E-state index in [-0.39, 0.29) is 30.6 Å². The molecule has 0 saturated heterocycles. The van der Waals surface area contributed by atoms with Crippen LogP contribution in [0.1, 0.15) is 0 Å². The molecule has 0 aliphatic rings. The summed E-state index contributed by atoms with van der Waals surface area (Å²) in [6.45, 7) is 0.441. The minimum absolute atomic E-state index is 0.0261. The molecule has 6 heteroatoms. The monoisotopic (exact) mass is 198 g/mol. The van der Waals surface area contributed by atoms with Crippen molar-refractivity contribution in [3.8, 4) is 6.07 Å². The van der Waals surface area contributed by atoms with Gasteiger partial charge in [-0.15, -0.1) is 0 Å². The van der Waals surface area contributed by atoms with Gasteiger partial charge in [0.1, 0.15) is 0 Å². The van der Waals surface area contributed by atoms with Gasteiger partial charge in [0.15, 0.2) is 0 Å². The molecule has 12 heavy (non-hydrogen) atoms. The van der Waals surface area contributed by atoms with Gasteiger partial charge in [-0.2, -0.15) is 18.4 Å². The lowest BCUT2D eigenvalue weighted by atomic mass is 10.6. The molecule has 0 radical (unpaired) electrons. The molecular formula is C6H9F3N2S. The van der Waals surface area contributed by atoms with Crippen LogP contribution < -0.4 is 0 Å². The van der Waals surface area contributed by atoms with Crippen LogP contribution in [0.5, 0.6) is 0 Å². The van der Waals surface area contributed by atoms with E-state index in [0.29, 0.717) is 0 Å². The van der Waals surface area contributed by atoms with Crippen molar-refractivity contribution in [3.63, 3.8) is 0 Å². The summed E-state index contributed by atoms with van der Waals surface area (Å²) >= 11 is -0.0633. The maximum absolute atomic E-state index is 11.6. The van der Waals surface area contributed by atoms with Gasteiger partial charge in [-0.25, -0.2) is 0 Å². The number of alkyl halides is 3. The highest BCUT2D eigenvalue weighted by Gasteiger charge is 2.27. The van der Waals surface area contributed by atoms with Crippen molar-refractivity contribution in [3.05, 3.63) is 0 Å². The third-order valence-electron chi connectivity index (χ3n) is 1.08. The molecule has 0 unspecified atom stereocenters. The average Bonchev–Trinajstić information content (AvgIpc) is 1.84. The normalized spacial score (nSPS) is 11.7. The van der Waals surface area contributed by atoms with E-state index in [1.807, 2.05) is 6.07 Å². The van der Waals surface area contributed by atoms with Crippen molar-refractivity contribution in [2.24, 2.45) is 0 Å². The first-order valence-electron chi connectivity index (χ1n) is 3.22. The molecule has 0 rings (SSSR count). The summed E-state index contributed by atoms with van der Waals surface area (Å²) < 4.78 is 34.7. The number of thioether (sulfide) groups is 1. The zero-order chi connectivity index (χ0) is 9.61. The van der Waals surface area contributed by atoms with Gasteiger partial charge >= 0.3 is 5.51 Å². The second-order valence-electron chi connectivity index (χ2n) is 2.19. The van der Waals surface area contributed by atoms with Gasteiger partial charge in [0.2, 0.25) is 0 Å². The van der Waals surface area contributed by atoms with Crippen molar-refractivity contribution in [2.45, 2.75) is 5.51 Å². The first-order chi connectivity index (χ1) is 5.45. The number of halogens is 3. The molecule has 0 bridgehead atoms. The Balaban J connectivity index is 3.38. The van der Waals surface area contributed by atoms with E-state index < -0.39 is 5.51 Å². The average molecular weight is 198 g/mol. The highest BCUT2D eigenvalue weighted by Crippen LogP contribution is 2.29. The Morgan fingerprint density at radius 3 is 2.50 bits per heavy atom. The third kappa shape index (κ3) is 7.69. The smallest absolute Gasteiger partial charge is 0.293 e. The van der Waals surface area contributed by atoms with Crippen molar-refractivity contribution in [1.29, 1.82) is 5.26 Å². The maximum atomic E-state index is 11.6. The van der Waals surface area contributed by atoms with Crippen LogP contribution in [0.2, 0.25) is 0 Å². The fourth-order valence-corrected chi connectivity index (χ4v) is 1.15. The standard InChI is InChI=1S/C6H9F3N2S/c1-11(3-2-10)4-5-12-6(7,8)9/h3-5H2,1H3. The second-order valence-corrected chi connectivity index (χ2v) is 3.35. The van der Waals surface area contributed by atoms with Gasteiger partial charge in [-0.1, -0.05) is 0 Å². The van der Waals surface area contributed by atoms with Crippen molar-refractivity contribution in [1.82, 2.24) is 4.90 Å². The van der Waals surface area contributed by atoms with Gasteiger partial charge < -0.3 is 0 Å². The van der Waals surface area contributed by atoms with E-state index in [2.05, 4.69) is 0 Å². The number of hydrogen-bond donors (Lipinski definition) is 0. The highest BCUT2D eigenvalue weighted by molar-refractivity contribution is 8.00. The zero-order valence-corrected chi connectivity index (χ0v) is 7.37. The van der Waals surface area contributed by atoms with E-state index >= 15 is 0 Å². The molecule has 0 N–H and O–H groups in total. The summed E-state index contributed by atoms with van der Waals surface area (Å²) in [5.74, 6) is -0.0261. The Hall–Kier alpha value is -0.410. The Kier molecular flexibility index (Phi) is 5.09. The third-order valence-corrected chi connectivity index (χ3v) is 1.79. The molecule has 0 aliphatic heterocycles. The quantitative estimate of drug-likeness (QED) is 0.643. The Morgan fingerprint density at radius 2 is 2.08 bits per heavy atom. The predicted molar refractivity (Wildman–Crippen MR) is 41.6 cm³/mol. The summed E-state index contributed by atoms with van der Waals surface area (Å²) in [6.07, 6.45) is 0. The predicted octanol–water partition coefficient (Wildman–Crippen LogP) is 1.69. The lowest BCUT2D eigenvalue weighted by Gasteiger charge is -2.12. The van der Waals surface area contributed by atoms with Crippen LogP contribution in [-0.2, 0) is 0 Å². The largest absolute Gasteiger partial charge is 0.441 e. The summed E-state index contributed by atoms with van der Waals surface area (Å²) in [5.41, 5.74) is -4.16. The minimum Gasteiger partial charge on any atom is -0.293 e. The van der Waals surface area contributed by atoms with Gasteiger partial charge in [0, 0.05) is 12.3 Å². The molecule has 0 saturated carbocycles. The topological polar surface area (TPSA) is 27.0 Å². The van der Waals surface area contributed by atoms with Crippen LogP contribution in [0.3, 0.4) is 0 Å². The number of nitriles is 1. The molecule has 70 valence electrons. The maximum Gasteiger partial charge on any atom is 0.441 e. The van der Waals surface area contributed by atoms with Crippen molar-refractivity contribution >= 4 is 11.8 Å². The van der Waals surface area contributed by atoms with Gasteiger partial charge in [0.25, 0.3) is 0 Å². The fraction of sp³-hybridized carbons (Fsp3) is 0.833. The van der Waals surface area contributed by atoms with Crippen LogP contribution in [-0.4, -0.2) is 36.3 Å². The molecule has 0 fully saturated rings. The number of hydrogen-bond acceptors (Lipinski definition) is 3. The SMILES string of the molecule is CN(CC#N)CCSC(F)(F)F. The van der Waals surface area contributed by atoms with E-state index in [1.165, 1.54) is 0 Å². The summed E-state index contributed by atoms with van der Waals surface area (Å²) in [7, 11) is 1.61. The number of nitrogens with zero attached hydrogens (tertiary/aromatic N) is 2. The minimum atomic E-state index is -4.16. The highest BCUT2D eigenvalue weighted by atomic mass is 32.2. The molecular weight excluding hydrogens is 189 g/mol. The van der Waals surface area contributed by atoms with Gasteiger partial charge in [0.05, 0.1) is 12.6 Å². The molecule has 2 nitrogen and oxygen atoms in total. The Bertz CT molecular complexity index is 163. The first kappa shape index (κ1) is 11.6. The molecule has 0 amide bonds. The lowest BCUT2D eigenvalue weighted by molar-refractivity contribution is -0.0328. The van der Waals surface area contributed by atoms with Crippen LogP contribution in [0, 0.1) is 11.3 Å². The molecule has 0 aromatic heterocycles. The zero-order valence-electron chi connectivity index (χ0n) is 6.56. The van der Waals surface area contributed by atoms with E-state index in [9.17, 15) is 13.2 Å². The van der Waals surface area contributed by atoms with Crippen LogP contribution in [0.15, 0.2) is 0 Å². The molecule has 0 atom stereocenters. The van der Waals surface area contributed by atoms with Crippen LogP contribution in [0.4, 0.5) is 13.2 Å². The molecule has 0 aromatic rings.